The monoisotopic (exact) mass is 454 g/mol. The van der Waals surface area contributed by atoms with Gasteiger partial charge in [0.05, 0.1) is 37.3 Å². The number of amides is 1. The van der Waals surface area contributed by atoms with E-state index < -0.39 is 28.3 Å². The van der Waals surface area contributed by atoms with Crippen molar-refractivity contribution in [3.05, 3.63) is 51.7 Å². The number of halogens is 3. The number of aromatic nitrogens is 1. The topological polar surface area (TPSA) is 128 Å². The van der Waals surface area contributed by atoms with Crippen molar-refractivity contribution in [1.29, 1.82) is 0 Å². The van der Waals surface area contributed by atoms with Crippen LogP contribution in [0.15, 0.2) is 30.3 Å². The van der Waals surface area contributed by atoms with Crippen LogP contribution in [0.1, 0.15) is 16.1 Å². The molecule has 32 heavy (non-hydrogen) atoms. The first kappa shape index (κ1) is 22.5. The normalized spacial score (nSPS) is 11.2. The Hall–Kier alpha value is -4.16. The summed E-state index contributed by atoms with van der Waals surface area (Å²) in [7, 11) is 4.27. The number of carbonyl (C=O) groups is 1. The smallest absolute Gasteiger partial charge is 0.416 e. The van der Waals surface area contributed by atoms with Crippen LogP contribution in [0.25, 0.3) is 10.9 Å². The maximum atomic E-state index is 12.8. The highest BCUT2D eigenvalue weighted by Gasteiger charge is 2.33. The Kier molecular flexibility index (Phi) is 6.00. The molecule has 0 saturated carbocycles. The summed E-state index contributed by atoms with van der Waals surface area (Å²) in [5.74, 6) is 0.301. The molecule has 13 heteroatoms. The van der Waals surface area contributed by atoms with Crippen molar-refractivity contribution in [3.8, 4) is 17.2 Å². The van der Waals surface area contributed by atoms with Crippen LogP contribution in [-0.2, 0) is 6.18 Å². The van der Waals surface area contributed by atoms with Crippen molar-refractivity contribution in [1.82, 2.24) is 10.4 Å². The van der Waals surface area contributed by atoms with Gasteiger partial charge in [0, 0.05) is 17.5 Å². The second-order valence-corrected chi connectivity index (χ2v) is 6.35. The number of nitro groups is 1. The lowest BCUT2D eigenvalue weighted by atomic mass is 10.1. The van der Waals surface area contributed by atoms with Crippen molar-refractivity contribution < 1.29 is 37.1 Å². The van der Waals surface area contributed by atoms with Gasteiger partial charge in [-0.25, -0.2) is 0 Å². The average molecular weight is 454 g/mol. The van der Waals surface area contributed by atoms with Gasteiger partial charge in [0.1, 0.15) is 17.1 Å². The van der Waals surface area contributed by atoms with E-state index in [0.29, 0.717) is 40.3 Å². The zero-order valence-corrected chi connectivity index (χ0v) is 16.9. The molecule has 1 amide bonds. The molecule has 170 valence electrons. The molecule has 1 heterocycles. The minimum Gasteiger partial charge on any atom is -0.496 e. The Bertz CT molecular complexity index is 1190. The molecule has 0 fully saturated rings. The summed E-state index contributed by atoms with van der Waals surface area (Å²) < 4.78 is 54.4. The van der Waals surface area contributed by atoms with Crippen molar-refractivity contribution >= 4 is 28.2 Å². The quantitative estimate of drug-likeness (QED) is 0.365. The van der Waals surface area contributed by atoms with Crippen LogP contribution >= 0.6 is 0 Å². The number of methoxy groups -OCH3 is 3. The third-order valence-corrected chi connectivity index (χ3v) is 4.52. The van der Waals surface area contributed by atoms with E-state index in [1.54, 1.807) is 6.07 Å². The van der Waals surface area contributed by atoms with E-state index in [2.05, 4.69) is 15.8 Å². The van der Waals surface area contributed by atoms with Crippen LogP contribution in [0, 0.1) is 10.1 Å². The van der Waals surface area contributed by atoms with Gasteiger partial charge in [-0.2, -0.15) is 13.2 Å². The molecule has 0 aliphatic heterocycles. The number of hydrazine groups is 1. The number of ether oxygens (including phenoxy) is 3. The first-order valence-corrected chi connectivity index (χ1v) is 8.84. The molecule has 2 aromatic carbocycles. The summed E-state index contributed by atoms with van der Waals surface area (Å²) in [6, 6.07) is 4.91. The summed E-state index contributed by atoms with van der Waals surface area (Å²) in [6.45, 7) is 0. The predicted molar refractivity (Wildman–Crippen MR) is 107 cm³/mol. The Morgan fingerprint density at radius 1 is 1.06 bits per heavy atom. The number of alkyl halides is 3. The Morgan fingerprint density at radius 3 is 2.31 bits per heavy atom. The zero-order chi connectivity index (χ0) is 23.6. The minimum atomic E-state index is -4.75. The van der Waals surface area contributed by atoms with Crippen LogP contribution in [0.4, 0.5) is 24.5 Å². The third kappa shape index (κ3) is 4.17. The fourth-order valence-electron chi connectivity index (χ4n) is 3.02. The fraction of sp³-hybridized carbons (Fsp3) is 0.211. The molecule has 0 radical (unpaired) electrons. The molecule has 3 aromatic rings. The van der Waals surface area contributed by atoms with Gasteiger partial charge in [0.25, 0.3) is 11.6 Å². The molecule has 0 aliphatic rings. The van der Waals surface area contributed by atoms with E-state index in [1.165, 1.54) is 27.4 Å². The van der Waals surface area contributed by atoms with Gasteiger partial charge in [-0.15, -0.1) is 0 Å². The lowest BCUT2D eigenvalue weighted by Gasteiger charge is -2.11. The van der Waals surface area contributed by atoms with Crippen molar-refractivity contribution in [2.24, 2.45) is 0 Å². The van der Waals surface area contributed by atoms with Gasteiger partial charge in [-0.05, 0) is 18.2 Å². The highest BCUT2D eigenvalue weighted by atomic mass is 19.4. The van der Waals surface area contributed by atoms with Crippen LogP contribution in [0.5, 0.6) is 17.2 Å². The summed E-state index contributed by atoms with van der Waals surface area (Å²) in [6.07, 6.45) is -4.75. The second-order valence-electron chi connectivity index (χ2n) is 6.35. The molecule has 0 atom stereocenters. The maximum Gasteiger partial charge on any atom is 0.416 e. The first-order chi connectivity index (χ1) is 15.1. The van der Waals surface area contributed by atoms with Gasteiger partial charge in [0.2, 0.25) is 0 Å². The Balaban J connectivity index is 1.91. The number of benzene rings is 2. The second kappa shape index (κ2) is 8.53. The number of rotatable bonds is 7. The molecule has 0 aliphatic carbocycles. The van der Waals surface area contributed by atoms with Gasteiger partial charge in [-0.1, -0.05) is 0 Å². The number of nitro benzene ring substituents is 1. The molecule has 1 aromatic heterocycles. The lowest BCUT2D eigenvalue weighted by Crippen LogP contribution is -2.30. The highest BCUT2D eigenvalue weighted by Crippen LogP contribution is 2.41. The number of hydrogen-bond acceptors (Lipinski definition) is 7. The molecule has 3 rings (SSSR count). The van der Waals surface area contributed by atoms with Crippen LogP contribution < -0.4 is 25.1 Å². The van der Waals surface area contributed by atoms with Crippen LogP contribution in [0.3, 0.4) is 0 Å². The summed E-state index contributed by atoms with van der Waals surface area (Å²) in [5.41, 5.74) is 2.54. The molecular weight excluding hydrogens is 437 g/mol. The molecule has 3 N–H and O–H groups in total. The zero-order valence-electron chi connectivity index (χ0n) is 16.9. The SMILES string of the molecule is COc1cc(OC)c2cc(C(=O)NNc3ccc(C(F)(F)F)cc3[N+](=O)[O-])[nH]c2c1OC. The van der Waals surface area contributed by atoms with Crippen molar-refractivity contribution in [3.63, 3.8) is 0 Å². The van der Waals surface area contributed by atoms with Gasteiger partial charge < -0.3 is 19.2 Å². The standard InChI is InChI=1S/C19H17F3N4O6/c1-30-14-8-15(31-2)17(32-3)16-10(14)7-12(23-16)18(27)25-24-11-5-4-9(19(20,21)22)6-13(11)26(28)29/h4-8,23-24H,1-3H3,(H,25,27). The maximum absolute atomic E-state index is 12.8. The minimum absolute atomic E-state index is 0.0203. The first-order valence-electron chi connectivity index (χ1n) is 8.84. The fourth-order valence-corrected chi connectivity index (χ4v) is 3.02. The molecule has 0 spiro atoms. The van der Waals surface area contributed by atoms with E-state index >= 15 is 0 Å². The van der Waals surface area contributed by atoms with E-state index in [0.717, 1.165) is 6.07 Å². The molecular formula is C19H17F3N4O6. The number of nitrogens with one attached hydrogen (secondary N) is 3. The van der Waals surface area contributed by atoms with Crippen LogP contribution in [0.2, 0.25) is 0 Å². The number of aromatic amines is 1. The molecule has 0 unspecified atom stereocenters. The van der Waals surface area contributed by atoms with E-state index in [9.17, 15) is 28.1 Å². The Morgan fingerprint density at radius 2 is 1.75 bits per heavy atom. The summed E-state index contributed by atoms with van der Waals surface area (Å²) >= 11 is 0. The van der Waals surface area contributed by atoms with E-state index in [1.807, 2.05) is 0 Å². The number of carbonyl (C=O) groups excluding carboxylic acids is 1. The van der Waals surface area contributed by atoms with Gasteiger partial charge in [-0.3, -0.25) is 25.8 Å². The molecule has 0 saturated heterocycles. The van der Waals surface area contributed by atoms with Crippen LogP contribution in [-0.4, -0.2) is 37.1 Å². The number of H-pyrrole nitrogens is 1. The number of hydrogen-bond donors (Lipinski definition) is 3. The lowest BCUT2D eigenvalue weighted by molar-refractivity contribution is -0.384. The van der Waals surface area contributed by atoms with Crippen molar-refractivity contribution in [2.75, 3.05) is 26.8 Å². The average Bonchev–Trinajstić information content (AvgIpc) is 3.20. The summed E-state index contributed by atoms with van der Waals surface area (Å²) in [5, 5.41) is 11.7. The van der Waals surface area contributed by atoms with Gasteiger partial charge in [0.15, 0.2) is 11.5 Å². The van der Waals surface area contributed by atoms with E-state index in [-0.39, 0.29) is 11.4 Å². The largest absolute Gasteiger partial charge is 0.496 e. The highest BCUT2D eigenvalue weighted by molar-refractivity contribution is 6.02. The summed E-state index contributed by atoms with van der Waals surface area (Å²) in [4.78, 5) is 25.6. The number of fused-ring (bicyclic) bond motifs is 1. The number of nitrogens with zero attached hydrogens (tertiary/aromatic N) is 1. The van der Waals surface area contributed by atoms with E-state index in [4.69, 9.17) is 14.2 Å². The van der Waals surface area contributed by atoms with Gasteiger partial charge >= 0.3 is 6.18 Å². The van der Waals surface area contributed by atoms with Crippen molar-refractivity contribution in [2.45, 2.75) is 6.18 Å². The molecule has 10 nitrogen and oxygen atoms in total. The number of anilines is 1. The Labute approximate surface area is 178 Å². The predicted octanol–water partition coefficient (Wildman–Crippen LogP) is 3.88. The third-order valence-electron chi connectivity index (χ3n) is 4.52. The molecule has 0 bridgehead atoms.